The minimum Gasteiger partial charge on any atom is -0.495 e. The van der Waals surface area contributed by atoms with E-state index in [4.69, 9.17) is 4.74 Å². The van der Waals surface area contributed by atoms with Crippen LogP contribution in [0.25, 0.3) is 0 Å². The van der Waals surface area contributed by atoms with Gasteiger partial charge in [-0.2, -0.15) is 0 Å². The first-order chi connectivity index (χ1) is 12.6. The molecular formula is C21H25NO3S. The Morgan fingerprint density at radius 3 is 2.42 bits per heavy atom. The molecule has 0 unspecified atom stereocenters. The molecule has 0 bridgehead atoms. The number of benzene rings is 2. The topological polar surface area (TPSA) is 55.4 Å². The molecule has 4 nitrogen and oxygen atoms in total. The second kappa shape index (κ2) is 7.05. The van der Waals surface area contributed by atoms with Crippen molar-refractivity contribution in [2.75, 3.05) is 7.11 Å². The fourth-order valence-electron chi connectivity index (χ4n) is 4.24. The standard InChI is InChI=1S/C21H25NO3S/c1-25-20-13-16-8-2-3-9-17(16)14-21(20)26(23,24)22-19-12-6-10-15-7-4-5-11-18(15)19/h4-5,7,11,13-14,19,22H,2-3,6,8-10,12H2,1H3/t19-/m1/s1. The minimum absolute atomic E-state index is 0.175. The Balaban J connectivity index is 1.70. The molecule has 2 aliphatic carbocycles. The smallest absolute Gasteiger partial charge is 0.244 e. The number of ether oxygens (including phenoxy) is 1. The second-order valence-electron chi connectivity index (χ2n) is 7.24. The van der Waals surface area contributed by atoms with E-state index in [2.05, 4.69) is 10.8 Å². The Hall–Kier alpha value is -1.85. The van der Waals surface area contributed by atoms with Crippen LogP contribution in [0.1, 0.15) is 54.0 Å². The molecule has 0 heterocycles. The maximum absolute atomic E-state index is 13.2. The van der Waals surface area contributed by atoms with Crippen LogP contribution >= 0.6 is 0 Å². The van der Waals surface area contributed by atoms with Crippen LogP contribution in [0.5, 0.6) is 5.75 Å². The van der Waals surface area contributed by atoms with E-state index in [1.165, 1.54) is 11.1 Å². The summed E-state index contributed by atoms with van der Waals surface area (Å²) in [6.45, 7) is 0. The van der Waals surface area contributed by atoms with Gasteiger partial charge in [-0.05, 0) is 79.3 Å². The van der Waals surface area contributed by atoms with Crippen molar-refractivity contribution in [3.8, 4) is 5.75 Å². The van der Waals surface area contributed by atoms with Crippen molar-refractivity contribution in [1.82, 2.24) is 4.72 Å². The maximum Gasteiger partial charge on any atom is 0.244 e. The number of methoxy groups -OCH3 is 1. The van der Waals surface area contributed by atoms with Crippen molar-refractivity contribution in [2.24, 2.45) is 0 Å². The summed E-state index contributed by atoms with van der Waals surface area (Å²) in [4.78, 5) is 0.267. The number of fused-ring (bicyclic) bond motifs is 2. The number of aryl methyl sites for hydroxylation is 3. The quantitative estimate of drug-likeness (QED) is 0.886. The number of rotatable bonds is 4. The van der Waals surface area contributed by atoms with E-state index in [0.29, 0.717) is 5.75 Å². The molecule has 2 aromatic carbocycles. The second-order valence-corrected chi connectivity index (χ2v) is 8.93. The van der Waals surface area contributed by atoms with Crippen LogP contribution in [0.2, 0.25) is 0 Å². The van der Waals surface area contributed by atoms with Gasteiger partial charge in [-0.1, -0.05) is 24.3 Å². The van der Waals surface area contributed by atoms with Crippen LogP contribution in [0.15, 0.2) is 41.3 Å². The average molecular weight is 372 g/mol. The summed E-state index contributed by atoms with van der Waals surface area (Å²) in [5.74, 6) is 0.447. The van der Waals surface area contributed by atoms with Crippen molar-refractivity contribution >= 4 is 10.0 Å². The summed E-state index contributed by atoms with van der Waals surface area (Å²) < 4.78 is 34.7. The van der Waals surface area contributed by atoms with E-state index in [1.54, 1.807) is 7.11 Å². The summed E-state index contributed by atoms with van der Waals surface area (Å²) in [7, 11) is -2.11. The molecule has 0 aliphatic heterocycles. The molecule has 0 aromatic heterocycles. The van der Waals surface area contributed by atoms with E-state index in [9.17, 15) is 8.42 Å². The summed E-state index contributed by atoms with van der Waals surface area (Å²) in [6.07, 6.45) is 7.02. The largest absolute Gasteiger partial charge is 0.495 e. The van der Waals surface area contributed by atoms with Crippen molar-refractivity contribution in [2.45, 2.75) is 55.9 Å². The van der Waals surface area contributed by atoms with Crippen LogP contribution in [0.3, 0.4) is 0 Å². The van der Waals surface area contributed by atoms with Gasteiger partial charge in [0.2, 0.25) is 10.0 Å². The molecule has 1 N–H and O–H groups in total. The number of hydrogen-bond acceptors (Lipinski definition) is 3. The molecule has 0 radical (unpaired) electrons. The molecule has 5 heteroatoms. The van der Waals surface area contributed by atoms with Gasteiger partial charge >= 0.3 is 0 Å². The van der Waals surface area contributed by atoms with Crippen LogP contribution in [0, 0.1) is 0 Å². The molecule has 0 saturated carbocycles. The first-order valence-corrected chi connectivity index (χ1v) is 10.9. The van der Waals surface area contributed by atoms with E-state index < -0.39 is 10.0 Å². The summed E-state index contributed by atoms with van der Waals surface area (Å²) in [5, 5.41) is 0. The van der Waals surface area contributed by atoms with Crippen LogP contribution in [0.4, 0.5) is 0 Å². The highest BCUT2D eigenvalue weighted by Crippen LogP contribution is 2.35. The van der Waals surface area contributed by atoms with E-state index >= 15 is 0 Å². The fourth-order valence-corrected chi connectivity index (χ4v) is 5.69. The fraction of sp³-hybridized carbons (Fsp3) is 0.429. The van der Waals surface area contributed by atoms with Gasteiger partial charge in [-0.25, -0.2) is 13.1 Å². The zero-order valence-corrected chi connectivity index (χ0v) is 15.9. The SMILES string of the molecule is COc1cc2c(cc1S(=O)(=O)N[C@@H]1CCCc3ccccc31)CCCC2. The van der Waals surface area contributed by atoms with E-state index in [1.807, 2.05) is 30.3 Å². The van der Waals surface area contributed by atoms with Crippen LogP contribution in [-0.4, -0.2) is 15.5 Å². The molecule has 0 amide bonds. The van der Waals surface area contributed by atoms with Crippen LogP contribution in [-0.2, 0) is 29.3 Å². The van der Waals surface area contributed by atoms with Gasteiger partial charge in [-0.3, -0.25) is 0 Å². The third-order valence-corrected chi connectivity index (χ3v) is 7.08. The molecule has 2 aromatic rings. The number of sulfonamides is 1. The highest BCUT2D eigenvalue weighted by atomic mass is 32.2. The van der Waals surface area contributed by atoms with Crippen molar-refractivity contribution < 1.29 is 13.2 Å². The Labute approximate surface area is 155 Å². The van der Waals surface area contributed by atoms with Crippen molar-refractivity contribution in [3.05, 3.63) is 58.7 Å². The third-order valence-electron chi connectivity index (χ3n) is 5.58. The van der Waals surface area contributed by atoms with Crippen molar-refractivity contribution in [3.63, 3.8) is 0 Å². The summed E-state index contributed by atoms with van der Waals surface area (Å²) in [6, 6.07) is 11.7. The zero-order valence-electron chi connectivity index (χ0n) is 15.1. The zero-order chi connectivity index (χ0) is 18.1. The lowest BCUT2D eigenvalue weighted by molar-refractivity contribution is 0.400. The number of hydrogen-bond donors (Lipinski definition) is 1. The lowest BCUT2D eigenvalue weighted by Crippen LogP contribution is -2.31. The van der Waals surface area contributed by atoms with Gasteiger partial charge in [0.05, 0.1) is 7.11 Å². The Bertz CT molecular complexity index is 921. The third kappa shape index (κ3) is 3.26. The van der Waals surface area contributed by atoms with E-state index in [-0.39, 0.29) is 10.9 Å². The van der Waals surface area contributed by atoms with Crippen LogP contribution < -0.4 is 9.46 Å². The lowest BCUT2D eigenvalue weighted by Gasteiger charge is -2.27. The first kappa shape index (κ1) is 17.6. The number of nitrogens with one attached hydrogen (secondary N) is 1. The summed E-state index contributed by atoms with van der Waals surface area (Å²) in [5.41, 5.74) is 4.69. The first-order valence-electron chi connectivity index (χ1n) is 9.38. The van der Waals surface area contributed by atoms with Gasteiger partial charge in [0, 0.05) is 6.04 Å². The normalized spacial score (nSPS) is 19.5. The Kier molecular flexibility index (Phi) is 4.76. The lowest BCUT2D eigenvalue weighted by atomic mass is 9.88. The molecule has 26 heavy (non-hydrogen) atoms. The molecule has 2 aliphatic rings. The summed E-state index contributed by atoms with van der Waals surface area (Å²) >= 11 is 0. The monoisotopic (exact) mass is 371 g/mol. The minimum atomic E-state index is -3.65. The predicted molar refractivity (Wildman–Crippen MR) is 102 cm³/mol. The molecular weight excluding hydrogens is 346 g/mol. The molecule has 0 spiro atoms. The molecule has 0 fully saturated rings. The van der Waals surface area contributed by atoms with Gasteiger partial charge in [0.1, 0.15) is 10.6 Å². The van der Waals surface area contributed by atoms with Gasteiger partial charge < -0.3 is 4.74 Å². The van der Waals surface area contributed by atoms with Gasteiger partial charge in [0.25, 0.3) is 0 Å². The molecule has 4 rings (SSSR count). The van der Waals surface area contributed by atoms with E-state index in [0.717, 1.165) is 56.1 Å². The van der Waals surface area contributed by atoms with Gasteiger partial charge in [0.15, 0.2) is 0 Å². The van der Waals surface area contributed by atoms with Gasteiger partial charge in [-0.15, -0.1) is 0 Å². The highest BCUT2D eigenvalue weighted by Gasteiger charge is 2.28. The Morgan fingerprint density at radius 1 is 0.962 bits per heavy atom. The maximum atomic E-state index is 13.2. The molecule has 0 saturated heterocycles. The van der Waals surface area contributed by atoms with Crippen molar-refractivity contribution in [1.29, 1.82) is 0 Å². The predicted octanol–water partition coefficient (Wildman–Crippen LogP) is 3.93. The highest BCUT2D eigenvalue weighted by molar-refractivity contribution is 7.89. The molecule has 1 atom stereocenters. The molecule has 138 valence electrons. The average Bonchev–Trinajstić information content (AvgIpc) is 2.67. The Morgan fingerprint density at radius 2 is 1.65 bits per heavy atom.